The summed E-state index contributed by atoms with van der Waals surface area (Å²) in [7, 11) is 0. The average Bonchev–Trinajstić information content (AvgIpc) is 2.66. The van der Waals surface area contributed by atoms with Gasteiger partial charge < -0.3 is 25.6 Å². The summed E-state index contributed by atoms with van der Waals surface area (Å²) < 4.78 is 10.0. The number of carbonyl (C=O) groups excluding carboxylic acids is 2. The van der Waals surface area contributed by atoms with Gasteiger partial charge in [-0.25, -0.2) is 9.59 Å². The summed E-state index contributed by atoms with van der Waals surface area (Å²) in [5.41, 5.74) is 6.65. The number of hydrogen-bond acceptors (Lipinski definition) is 6. The van der Waals surface area contributed by atoms with Crippen molar-refractivity contribution in [2.75, 3.05) is 6.61 Å². The highest BCUT2D eigenvalue weighted by Crippen LogP contribution is 2.07. The van der Waals surface area contributed by atoms with Crippen LogP contribution in [0.2, 0.25) is 0 Å². The number of ether oxygens (including phenoxy) is 2. The molecule has 1 aromatic carbocycles. The molecule has 8 heteroatoms. The van der Waals surface area contributed by atoms with E-state index in [2.05, 4.69) is 5.32 Å². The smallest absolute Gasteiger partial charge is 0.407 e. The first-order valence-corrected chi connectivity index (χ1v) is 9.06. The van der Waals surface area contributed by atoms with E-state index in [0.717, 1.165) is 12.0 Å². The molecule has 2 atom stereocenters. The summed E-state index contributed by atoms with van der Waals surface area (Å²) in [6, 6.07) is 7.28. The Balaban J connectivity index is 2.31. The van der Waals surface area contributed by atoms with Crippen molar-refractivity contribution in [1.29, 1.82) is 0 Å². The topological polar surface area (TPSA) is 128 Å². The van der Waals surface area contributed by atoms with Gasteiger partial charge in [0, 0.05) is 0 Å². The summed E-state index contributed by atoms with van der Waals surface area (Å²) in [5, 5.41) is 11.5. The number of esters is 1. The number of hydrogen-bond donors (Lipinski definition) is 3. The largest absolute Gasteiger partial charge is 0.480 e. The molecule has 0 aromatic heterocycles. The van der Waals surface area contributed by atoms with Crippen LogP contribution in [0.5, 0.6) is 0 Å². The molecule has 27 heavy (non-hydrogen) atoms. The van der Waals surface area contributed by atoms with Crippen LogP contribution in [0, 0.1) is 0 Å². The van der Waals surface area contributed by atoms with E-state index in [9.17, 15) is 19.5 Å². The van der Waals surface area contributed by atoms with Gasteiger partial charge in [-0.1, -0.05) is 43.7 Å². The van der Waals surface area contributed by atoms with E-state index in [0.29, 0.717) is 12.8 Å². The molecule has 0 saturated carbocycles. The minimum absolute atomic E-state index is 0.135. The highest BCUT2D eigenvalue weighted by molar-refractivity contribution is 5.79. The monoisotopic (exact) mass is 380 g/mol. The Morgan fingerprint density at radius 3 is 2.44 bits per heavy atom. The van der Waals surface area contributed by atoms with E-state index < -0.39 is 30.1 Å². The van der Waals surface area contributed by atoms with Gasteiger partial charge in [-0.2, -0.15) is 0 Å². The number of amides is 1. The number of carboxylic acid groups (broad SMARTS) is 1. The molecule has 0 fully saturated rings. The van der Waals surface area contributed by atoms with E-state index in [4.69, 9.17) is 15.2 Å². The van der Waals surface area contributed by atoms with Crippen molar-refractivity contribution in [3.8, 4) is 0 Å². The Morgan fingerprint density at radius 1 is 1.11 bits per heavy atom. The molecule has 1 amide bonds. The summed E-state index contributed by atoms with van der Waals surface area (Å²) >= 11 is 0. The third-order valence-electron chi connectivity index (χ3n) is 3.86. The van der Waals surface area contributed by atoms with Crippen LogP contribution in [0.25, 0.3) is 0 Å². The Kier molecular flexibility index (Phi) is 10.5. The van der Waals surface area contributed by atoms with Gasteiger partial charge in [0.25, 0.3) is 0 Å². The fourth-order valence-corrected chi connectivity index (χ4v) is 2.25. The quantitative estimate of drug-likeness (QED) is 0.374. The fourth-order valence-electron chi connectivity index (χ4n) is 2.25. The molecule has 4 N–H and O–H groups in total. The van der Waals surface area contributed by atoms with E-state index in [1.807, 2.05) is 37.3 Å². The van der Waals surface area contributed by atoms with Gasteiger partial charge >= 0.3 is 18.0 Å². The van der Waals surface area contributed by atoms with Crippen LogP contribution in [-0.2, 0) is 25.7 Å². The molecule has 0 aliphatic rings. The van der Waals surface area contributed by atoms with Crippen molar-refractivity contribution in [1.82, 2.24) is 5.32 Å². The maximum Gasteiger partial charge on any atom is 0.407 e. The predicted octanol–water partition coefficient (Wildman–Crippen LogP) is 2.21. The van der Waals surface area contributed by atoms with Crippen molar-refractivity contribution in [2.24, 2.45) is 5.73 Å². The minimum atomic E-state index is -1.16. The van der Waals surface area contributed by atoms with Gasteiger partial charge in [-0.05, 0) is 31.2 Å². The van der Waals surface area contributed by atoms with E-state index in [1.165, 1.54) is 0 Å². The second-order valence-corrected chi connectivity index (χ2v) is 6.16. The number of aliphatic carboxylic acids is 1. The summed E-state index contributed by atoms with van der Waals surface area (Å²) in [5.74, 6) is -1.71. The Labute approximate surface area is 159 Å². The zero-order valence-corrected chi connectivity index (χ0v) is 15.6. The molecular formula is C19H28N2O6. The van der Waals surface area contributed by atoms with Crippen LogP contribution in [-0.4, -0.2) is 41.8 Å². The summed E-state index contributed by atoms with van der Waals surface area (Å²) in [6.07, 6.45) is 1.55. The predicted molar refractivity (Wildman–Crippen MR) is 98.9 cm³/mol. The normalized spacial score (nSPS) is 12.7. The number of alkyl carbamates (subject to hydrolysis) is 1. The maximum atomic E-state index is 11.9. The maximum absolute atomic E-state index is 11.9. The van der Waals surface area contributed by atoms with Gasteiger partial charge in [0.15, 0.2) is 0 Å². The third kappa shape index (κ3) is 9.60. The number of nitrogens with one attached hydrogen (secondary N) is 1. The van der Waals surface area contributed by atoms with Gasteiger partial charge in [-0.3, -0.25) is 4.79 Å². The van der Waals surface area contributed by atoms with Gasteiger partial charge in [0.1, 0.15) is 18.7 Å². The standard InChI is InChI=1S/C19H28N2O6/c1-2-3-12-26-19(25)21-16(17(22)23)11-7-10-15(20)18(24)27-13-14-8-5-4-6-9-14/h4-6,8-9,15-16H,2-3,7,10-13,20H2,1H3,(H,21,25)(H,22,23)/t15?,16-/m0/s1. The zero-order valence-electron chi connectivity index (χ0n) is 15.6. The lowest BCUT2D eigenvalue weighted by Crippen LogP contribution is -2.41. The molecule has 8 nitrogen and oxygen atoms in total. The SMILES string of the molecule is CCCCOC(=O)N[C@@H](CCCC(N)C(=O)OCc1ccccc1)C(=O)O. The van der Waals surface area contributed by atoms with Crippen LogP contribution in [0.3, 0.4) is 0 Å². The van der Waals surface area contributed by atoms with Crippen molar-refractivity contribution in [3.63, 3.8) is 0 Å². The highest BCUT2D eigenvalue weighted by Gasteiger charge is 2.22. The molecule has 0 saturated heterocycles. The van der Waals surface area contributed by atoms with Crippen LogP contribution < -0.4 is 11.1 Å². The van der Waals surface area contributed by atoms with E-state index in [1.54, 1.807) is 0 Å². The number of carbonyl (C=O) groups is 3. The van der Waals surface area contributed by atoms with Crippen molar-refractivity contribution in [2.45, 2.75) is 57.7 Å². The van der Waals surface area contributed by atoms with Crippen molar-refractivity contribution < 1.29 is 29.0 Å². The molecule has 1 aromatic rings. The molecule has 1 rings (SSSR count). The number of nitrogens with two attached hydrogens (primary N) is 1. The fraction of sp³-hybridized carbons (Fsp3) is 0.526. The lowest BCUT2D eigenvalue weighted by Gasteiger charge is -2.16. The average molecular weight is 380 g/mol. The van der Waals surface area contributed by atoms with Crippen LogP contribution >= 0.6 is 0 Å². The third-order valence-corrected chi connectivity index (χ3v) is 3.86. The molecule has 150 valence electrons. The number of carboxylic acids is 1. The van der Waals surface area contributed by atoms with E-state index in [-0.39, 0.29) is 26.1 Å². The molecular weight excluding hydrogens is 352 g/mol. The van der Waals surface area contributed by atoms with Crippen molar-refractivity contribution in [3.05, 3.63) is 35.9 Å². The Bertz CT molecular complexity index is 593. The first-order valence-electron chi connectivity index (χ1n) is 9.06. The molecule has 0 radical (unpaired) electrons. The minimum Gasteiger partial charge on any atom is -0.480 e. The van der Waals surface area contributed by atoms with Crippen LogP contribution in [0.15, 0.2) is 30.3 Å². The molecule has 0 aliphatic carbocycles. The number of unbranched alkanes of at least 4 members (excludes halogenated alkanes) is 1. The number of benzene rings is 1. The molecule has 0 bridgehead atoms. The number of rotatable bonds is 12. The lowest BCUT2D eigenvalue weighted by molar-refractivity contribution is -0.146. The zero-order chi connectivity index (χ0) is 20.1. The Hall–Kier alpha value is -2.61. The van der Waals surface area contributed by atoms with Crippen molar-refractivity contribution >= 4 is 18.0 Å². The van der Waals surface area contributed by atoms with Crippen LogP contribution in [0.4, 0.5) is 4.79 Å². The summed E-state index contributed by atoms with van der Waals surface area (Å²) in [4.78, 5) is 34.7. The Morgan fingerprint density at radius 2 is 1.81 bits per heavy atom. The first-order chi connectivity index (χ1) is 12.9. The molecule has 0 spiro atoms. The molecule has 0 aliphatic heterocycles. The van der Waals surface area contributed by atoms with Gasteiger partial charge in [-0.15, -0.1) is 0 Å². The molecule has 0 heterocycles. The molecule has 1 unspecified atom stereocenters. The highest BCUT2D eigenvalue weighted by atomic mass is 16.5. The first kappa shape index (κ1) is 22.4. The second-order valence-electron chi connectivity index (χ2n) is 6.16. The lowest BCUT2D eigenvalue weighted by atomic mass is 10.1. The van der Waals surface area contributed by atoms with E-state index >= 15 is 0 Å². The second kappa shape index (κ2) is 12.7. The van der Waals surface area contributed by atoms with Gasteiger partial charge in [0.05, 0.1) is 6.61 Å². The van der Waals surface area contributed by atoms with Gasteiger partial charge in [0.2, 0.25) is 0 Å². The summed E-state index contributed by atoms with van der Waals surface area (Å²) in [6.45, 7) is 2.33. The van der Waals surface area contributed by atoms with Crippen LogP contribution in [0.1, 0.15) is 44.6 Å².